The SMILES string of the molecule is CSc1ccc(C(=O)N2CCC(n3cc(C4CC4)nn3)C2)cc1. The molecule has 1 saturated heterocycles. The lowest BCUT2D eigenvalue weighted by Crippen LogP contribution is -2.29. The number of benzene rings is 1. The lowest BCUT2D eigenvalue weighted by atomic mass is 10.2. The Morgan fingerprint density at radius 3 is 2.70 bits per heavy atom. The summed E-state index contributed by atoms with van der Waals surface area (Å²) in [5, 5.41) is 8.55. The van der Waals surface area contributed by atoms with Crippen molar-refractivity contribution in [3.63, 3.8) is 0 Å². The Labute approximate surface area is 140 Å². The first-order chi connectivity index (χ1) is 11.2. The average Bonchev–Trinajstić information content (AvgIpc) is 3.13. The molecule has 1 amide bonds. The summed E-state index contributed by atoms with van der Waals surface area (Å²) in [5.41, 5.74) is 1.88. The average molecular weight is 328 g/mol. The van der Waals surface area contributed by atoms with Gasteiger partial charge < -0.3 is 4.90 Å². The van der Waals surface area contributed by atoms with Crippen molar-refractivity contribution < 1.29 is 4.79 Å². The number of likely N-dealkylation sites (tertiary alicyclic amines) is 1. The number of thioether (sulfide) groups is 1. The molecule has 2 aliphatic rings. The molecule has 0 N–H and O–H groups in total. The molecule has 1 saturated carbocycles. The quantitative estimate of drug-likeness (QED) is 0.810. The Kier molecular flexibility index (Phi) is 3.85. The summed E-state index contributed by atoms with van der Waals surface area (Å²) in [4.78, 5) is 15.7. The van der Waals surface area contributed by atoms with Gasteiger partial charge in [-0.05, 0) is 49.8 Å². The zero-order valence-electron chi connectivity index (χ0n) is 13.2. The van der Waals surface area contributed by atoms with Gasteiger partial charge in [0.2, 0.25) is 0 Å². The molecule has 0 radical (unpaired) electrons. The van der Waals surface area contributed by atoms with Crippen molar-refractivity contribution in [2.45, 2.75) is 36.1 Å². The van der Waals surface area contributed by atoms with E-state index in [2.05, 4.69) is 16.5 Å². The van der Waals surface area contributed by atoms with Gasteiger partial charge in [0, 0.05) is 35.7 Å². The molecule has 1 aliphatic carbocycles. The molecule has 4 rings (SSSR count). The number of rotatable bonds is 4. The third-order valence-electron chi connectivity index (χ3n) is 4.69. The highest BCUT2D eigenvalue weighted by Crippen LogP contribution is 2.39. The number of hydrogen-bond acceptors (Lipinski definition) is 4. The number of hydrogen-bond donors (Lipinski definition) is 0. The number of nitrogens with zero attached hydrogens (tertiary/aromatic N) is 4. The second kappa shape index (κ2) is 6.00. The third kappa shape index (κ3) is 3.00. The van der Waals surface area contributed by atoms with Crippen molar-refractivity contribution in [3.8, 4) is 0 Å². The highest BCUT2D eigenvalue weighted by molar-refractivity contribution is 7.98. The molecule has 23 heavy (non-hydrogen) atoms. The highest BCUT2D eigenvalue weighted by atomic mass is 32.2. The van der Waals surface area contributed by atoms with Crippen LogP contribution in [0, 0.1) is 0 Å². The van der Waals surface area contributed by atoms with Crippen LogP contribution in [0.3, 0.4) is 0 Å². The standard InChI is InChI=1S/C17H20N4OS/c1-23-15-6-4-13(5-7-15)17(22)20-9-8-14(10-20)21-11-16(18-19-21)12-2-3-12/h4-7,11-12,14H,2-3,8-10H2,1H3. The smallest absolute Gasteiger partial charge is 0.253 e. The number of carbonyl (C=O) groups is 1. The molecule has 120 valence electrons. The molecule has 1 aliphatic heterocycles. The first-order valence-corrected chi connectivity index (χ1v) is 9.32. The van der Waals surface area contributed by atoms with E-state index in [9.17, 15) is 4.79 Å². The molecule has 1 aromatic heterocycles. The van der Waals surface area contributed by atoms with Gasteiger partial charge in [-0.15, -0.1) is 16.9 Å². The van der Waals surface area contributed by atoms with Gasteiger partial charge >= 0.3 is 0 Å². The summed E-state index contributed by atoms with van der Waals surface area (Å²) in [6.45, 7) is 1.50. The maximum Gasteiger partial charge on any atom is 0.253 e. The van der Waals surface area contributed by atoms with Gasteiger partial charge in [0.25, 0.3) is 5.91 Å². The summed E-state index contributed by atoms with van der Waals surface area (Å²) in [7, 11) is 0. The molecule has 0 bridgehead atoms. The summed E-state index contributed by atoms with van der Waals surface area (Å²) in [6, 6.07) is 8.10. The zero-order chi connectivity index (χ0) is 15.8. The fourth-order valence-corrected chi connectivity index (χ4v) is 3.50. The summed E-state index contributed by atoms with van der Waals surface area (Å²) in [6.07, 6.45) is 7.53. The van der Waals surface area contributed by atoms with E-state index in [-0.39, 0.29) is 11.9 Å². The largest absolute Gasteiger partial charge is 0.336 e. The van der Waals surface area contributed by atoms with Crippen molar-refractivity contribution in [3.05, 3.63) is 41.7 Å². The fourth-order valence-electron chi connectivity index (χ4n) is 3.09. The van der Waals surface area contributed by atoms with Crippen LogP contribution in [0.5, 0.6) is 0 Å². The van der Waals surface area contributed by atoms with Gasteiger partial charge in [-0.1, -0.05) is 5.21 Å². The summed E-state index contributed by atoms with van der Waals surface area (Å²) in [5.74, 6) is 0.737. The Bertz CT molecular complexity index is 708. The van der Waals surface area contributed by atoms with E-state index in [4.69, 9.17) is 0 Å². The predicted octanol–water partition coefficient (Wildman–Crippen LogP) is 2.96. The van der Waals surface area contributed by atoms with Crippen LogP contribution in [-0.2, 0) is 0 Å². The van der Waals surface area contributed by atoms with Crippen LogP contribution in [0.1, 0.15) is 47.3 Å². The summed E-state index contributed by atoms with van der Waals surface area (Å²) < 4.78 is 1.96. The van der Waals surface area contributed by atoms with Crippen LogP contribution < -0.4 is 0 Å². The topological polar surface area (TPSA) is 51.0 Å². The second-order valence-electron chi connectivity index (χ2n) is 6.32. The van der Waals surface area contributed by atoms with Crippen LogP contribution in [-0.4, -0.2) is 45.1 Å². The molecule has 0 spiro atoms. The lowest BCUT2D eigenvalue weighted by molar-refractivity contribution is 0.0787. The van der Waals surface area contributed by atoms with Crippen LogP contribution >= 0.6 is 11.8 Å². The van der Waals surface area contributed by atoms with E-state index < -0.39 is 0 Å². The van der Waals surface area contributed by atoms with E-state index in [0.717, 1.165) is 30.8 Å². The molecule has 1 aromatic carbocycles. The predicted molar refractivity (Wildman–Crippen MR) is 89.8 cm³/mol. The van der Waals surface area contributed by atoms with Crippen molar-refractivity contribution in [1.82, 2.24) is 19.9 Å². The Hall–Kier alpha value is -1.82. The minimum atomic E-state index is 0.114. The molecule has 5 nitrogen and oxygen atoms in total. The van der Waals surface area contributed by atoms with Gasteiger partial charge in [-0.3, -0.25) is 4.79 Å². The molecule has 6 heteroatoms. The van der Waals surface area contributed by atoms with E-state index in [1.165, 1.54) is 17.7 Å². The first kappa shape index (κ1) is 14.8. The number of aromatic nitrogens is 3. The van der Waals surface area contributed by atoms with E-state index in [1.54, 1.807) is 11.8 Å². The van der Waals surface area contributed by atoms with Gasteiger partial charge in [0.15, 0.2) is 0 Å². The normalized spacial score (nSPS) is 20.9. The van der Waals surface area contributed by atoms with Crippen molar-refractivity contribution in [1.29, 1.82) is 0 Å². The zero-order valence-corrected chi connectivity index (χ0v) is 14.0. The van der Waals surface area contributed by atoms with Gasteiger partial charge in [-0.25, -0.2) is 4.68 Å². The molecular weight excluding hydrogens is 308 g/mol. The monoisotopic (exact) mass is 328 g/mol. The Morgan fingerprint density at radius 2 is 2.00 bits per heavy atom. The second-order valence-corrected chi connectivity index (χ2v) is 7.20. The number of amides is 1. The molecule has 1 unspecified atom stereocenters. The lowest BCUT2D eigenvalue weighted by Gasteiger charge is -2.16. The first-order valence-electron chi connectivity index (χ1n) is 8.09. The Balaban J connectivity index is 1.43. The van der Waals surface area contributed by atoms with Crippen LogP contribution in [0.25, 0.3) is 0 Å². The van der Waals surface area contributed by atoms with Crippen LogP contribution in [0.4, 0.5) is 0 Å². The maximum atomic E-state index is 12.6. The van der Waals surface area contributed by atoms with E-state index in [1.807, 2.05) is 40.1 Å². The van der Waals surface area contributed by atoms with Crippen LogP contribution in [0.2, 0.25) is 0 Å². The van der Waals surface area contributed by atoms with Gasteiger partial charge in [0.1, 0.15) is 0 Å². The van der Waals surface area contributed by atoms with Crippen molar-refractivity contribution >= 4 is 17.7 Å². The summed E-state index contributed by atoms with van der Waals surface area (Å²) >= 11 is 1.69. The minimum Gasteiger partial charge on any atom is -0.336 e. The van der Waals surface area contributed by atoms with Crippen molar-refractivity contribution in [2.75, 3.05) is 19.3 Å². The van der Waals surface area contributed by atoms with E-state index in [0.29, 0.717) is 5.92 Å². The molecule has 2 heterocycles. The fraction of sp³-hybridized carbons (Fsp3) is 0.471. The highest BCUT2D eigenvalue weighted by Gasteiger charge is 2.31. The van der Waals surface area contributed by atoms with E-state index >= 15 is 0 Å². The van der Waals surface area contributed by atoms with Crippen LogP contribution in [0.15, 0.2) is 35.4 Å². The third-order valence-corrected chi connectivity index (χ3v) is 5.43. The maximum absolute atomic E-state index is 12.6. The van der Waals surface area contributed by atoms with Gasteiger partial charge in [0.05, 0.1) is 11.7 Å². The Morgan fingerprint density at radius 1 is 1.22 bits per heavy atom. The molecule has 2 fully saturated rings. The molecule has 2 aromatic rings. The number of carbonyl (C=O) groups excluding carboxylic acids is 1. The van der Waals surface area contributed by atoms with Crippen molar-refractivity contribution in [2.24, 2.45) is 0 Å². The van der Waals surface area contributed by atoms with Gasteiger partial charge in [-0.2, -0.15) is 0 Å². The molecule has 1 atom stereocenters. The minimum absolute atomic E-state index is 0.114. The molecular formula is C17H20N4OS.